The lowest BCUT2D eigenvalue weighted by atomic mass is 10.3. The van der Waals surface area contributed by atoms with E-state index in [0.29, 0.717) is 12.3 Å². The number of hydrogen-bond donors (Lipinski definition) is 1. The zero-order valence-electron chi connectivity index (χ0n) is 6.30. The fraction of sp³-hybridized carbons (Fsp3) is 0.250. The summed E-state index contributed by atoms with van der Waals surface area (Å²) in [5.41, 5.74) is 6.38. The minimum absolute atomic E-state index is 0.658. The highest BCUT2D eigenvalue weighted by molar-refractivity contribution is 14.1. The van der Waals surface area contributed by atoms with Gasteiger partial charge in [0.05, 0.1) is 12.3 Å². The number of rotatable bonds is 2. The molecule has 1 aromatic carbocycles. The number of hydrogen-bond acceptors (Lipinski definition) is 2. The predicted molar refractivity (Wildman–Crippen MR) is 54.7 cm³/mol. The van der Waals surface area contributed by atoms with Crippen molar-refractivity contribution in [1.29, 1.82) is 0 Å². The molecule has 2 N–H and O–H groups in total. The molecule has 0 bridgehead atoms. The molecule has 1 rings (SSSR count). The molecule has 0 atom stereocenters. The third-order valence-corrected chi connectivity index (χ3v) is 1.94. The Labute approximate surface area is 79.9 Å². The van der Waals surface area contributed by atoms with Crippen molar-refractivity contribution < 1.29 is 4.74 Å². The molecule has 11 heavy (non-hydrogen) atoms. The number of nitrogen functional groups attached to an aromatic ring is 1. The molecule has 1 aromatic rings. The quantitative estimate of drug-likeness (QED) is 0.656. The number of benzene rings is 1. The fourth-order valence-corrected chi connectivity index (χ4v) is 1.32. The third kappa shape index (κ3) is 2.25. The van der Waals surface area contributed by atoms with Crippen molar-refractivity contribution >= 4 is 28.3 Å². The molecule has 0 aliphatic carbocycles. The van der Waals surface area contributed by atoms with Crippen LogP contribution in [0.25, 0.3) is 0 Å². The smallest absolute Gasteiger partial charge is 0.142 e. The maximum absolute atomic E-state index is 5.68. The van der Waals surface area contributed by atoms with E-state index in [1.165, 1.54) is 0 Å². The normalized spacial score (nSPS) is 9.64. The summed E-state index contributed by atoms with van der Waals surface area (Å²) in [6, 6.07) is 5.76. The number of halogens is 1. The summed E-state index contributed by atoms with van der Waals surface area (Å²) in [6.07, 6.45) is 0. The summed E-state index contributed by atoms with van der Waals surface area (Å²) < 4.78 is 6.39. The van der Waals surface area contributed by atoms with Crippen LogP contribution in [0.3, 0.4) is 0 Å². The van der Waals surface area contributed by atoms with Crippen LogP contribution in [0, 0.1) is 3.57 Å². The number of nitrogens with two attached hydrogens (primary N) is 1. The van der Waals surface area contributed by atoms with E-state index >= 15 is 0 Å². The molecule has 0 amide bonds. The van der Waals surface area contributed by atoms with Gasteiger partial charge >= 0.3 is 0 Å². The molecule has 0 fully saturated rings. The molecule has 2 nitrogen and oxygen atoms in total. The van der Waals surface area contributed by atoms with E-state index in [1.54, 1.807) is 0 Å². The van der Waals surface area contributed by atoms with Crippen molar-refractivity contribution in [1.82, 2.24) is 0 Å². The van der Waals surface area contributed by atoms with Gasteiger partial charge in [0.25, 0.3) is 0 Å². The lowest BCUT2D eigenvalue weighted by molar-refractivity contribution is 0.342. The first-order valence-corrected chi connectivity index (χ1v) is 4.49. The first-order valence-electron chi connectivity index (χ1n) is 3.42. The molecule has 0 saturated carbocycles. The van der Waals surface area contributed by atoms with Crippen LogP contribution < -0.4 is 10.5 Å². The Balaban J connectivity index is 2.90. The molecule has 3 heteroatoms. The lowest BCUT2D eigenvalue weighted by Gasteiger charge is -2.05. The second-order valence-corrected chi connectivity index (χ2v) is 3.36. The van der Waals surface area contributed by atoms with Gasteiger partial charge in [0, 0.05) is 3.57 Å². The molecule has 0 aliphatic heterocycles. The van der Waals surface area contributed by atoms with Crippen molar-refractivity contribution in [2.75, 3.05) is 12.3 Å². The van der Waals surface area contributed by atoms with Crippen LogP contribution in [-0.2, 0) is 0 Å². The van der Waals surface area contributed by atoms with E-state index in [9.17, 15) is 0 Å². The van der Waals surface area contributed by atoms with Crippen LogP contribution in [0.2, 0.25) is 0 Å². The molecule has 60 valence electrons. The molecule has 0 saturated heterocycles. The van der Waals surface area contributed by atoms with E-state index in [2.05, 4.69) is 22.6 Å². The number of ether oxygens (including phenoxy) is 1. The van der Waals surface area contributed by atoms with Gasteiger partial charge in [-0.3, -0.25) is 0 Å². The SMILES string of the molecule is CCOc1ccc(I)cc1N. The zero-order valence-corrected chi connectivity index (χ0v) is 8.46. The van der Waals surface area contributed by atoms with Gasteiger partial charge in [-0.25, -0.2) is 0 Å². The Morgan fingerprint density at radius 1 is 1.55 bits per heavy atom. The van der Waals surface area contributed by atoms with E-state index < -0.39 is 0 Å². The second kappa shape index (κ2) is 3.80. The Morgan fingerprint density at radius 3 is 2.82 bits per heavy atom. The monoisotopic (exact) mass is 263 g/mol. The first kappa shape index (κ1) is 8.64. The number of anilines is 1. The lowest BCUT2D eigenvalue weighted by Crippen LogP contribution is -1.96. The molecule has 0 aromatic heterocycles. The van der Waals surface area contributed by atoms with Crippen molar-refractivity contribution in [2.45, 2.75) is 6.92 Å². The maximum Gasteiger partial charge on any atom is 0.142 e. The van der Waals surface area contributed by atoms with Crippen LogP contribution in [0.5, 0.6) is 5.75 Å². The van der Waals surface area contributed by atoms with Crippen LogP contribution in [0.15, 0.2) is 18.2 Å². The van der Waals surface area contributed by atoms with Crippen molar-refractivity contribution in [3.8, 4) is 5.75 Å². The Bertz CT molecular complexity index is 250. The van der Waals surface area contributed by atoms with Crippen LogP contribution in [0.4, 0.5) is 5.69 Å². The van der Waals surface area contributed by atoms with Gasteiger partial charge in [-0.2, -0.15) is 0 Å². The largest absolute Gasteiger partial charge is 0.492 e. The highest BCUT2D eigenvalue weighted by Gasteiger charge is 1.97. The van der Waals surface area contributed by atoms with Crippen molar-refractivity contribution in [3.63, 3.8) is 0 Å². The minimum Gasteiger partial charge on any atom is -0.492 e. The van der Waals surface area contributed by atoms with Crippen LogP contribution in [0.1, 0.15) is 6.92 Å². The highest BCUT2D eigenvalue weighted by Crippen LogP contribution is 2.22. The maximum atomic E-state index is 5.68. The van der Waals surface area contributed by atoms with E-state index in [4.69, 9.17) is 10.5 Å². The Kier molecular flexibility index (Phi) is 2.99. The van der Waals surface area contributed by atoms with Gasteiger partial charge < -0.3 is 10.5 Å². The predicted octanol–water partition coefficient (Wildman–Crippen LogP) is 2.27. The van der Waals surface area contributed by atoms with Crippen molar-refractivity contribution in [3.05, 3.63) is 21.8 Å². The highest BCUT2D eigenvalue weighted by atomic mass is 127. The third-order valence-electron chi connectivity index (χ3n) is 1.27. The van der Waals surface area contributed by atoms with Gasteiger partial charge in [-0.15, -0.1) is 0 Å². The fourth-order valence-electron chi connectivity index (χ4n) is 0.806. The van der Waals surface area contributed by atoms with Gasteiger partial charge in [-0.1, -0.05) is 0 Å². The molecule has 0 spiro atoms. The van der Waals surface area contributed by atoms with Crippen LogP contribution in [-0.4, -0.2) is 6.61 Å². The van der Waals surface area contributed by atoms with Gasteiger partial charge in [0.15, 0.2) is 0 Å². The topological polar surface area (TPSA) is 35.2 Å². The van der Waals surface area contributed by atoms with E-state index in [0.717, 1.165) is 9.32 Å². The summed E-state index contributed by atoms with van der Waals surface area (Å²) in [4.78, 5) is 0. The van der Waals surface area contributed by atoms with Crippen molar-refractivity contribution in [2.24, 2.45) is 0 Å². The van der Waals surface area contributed by atoms with Crippen LogP contribution >= 0.6 is 22.6 Å². The Morgan fingerprint density at radius 2 is 2.27 bits per heavy atom. The summed E-state index contributed by atoms with van der Waals surface area (Å²) in [5, 5.41) is 0. The summed E-state index contributed by atoms with van der Waals surface area (Å²) in [7, 11) is 0. The van der Waals surface area contributed by atoms with E-state index in [1.807, 2.05) is 25.1 Å². The van der Waals surface area contributed by atoms with E-state index in [-0.39, 0.29) is 0 Å². The molecular formula is C8H10INO. The average molecular weight is 263 g/mol. The summed E-state index contributed by atoms with van der Waals surface area (Å²) >= 11 is 2.21. The second-order valence-electron chi connectivity index (χ2n) is 2.12. The molecular weight excluding hydrogens is 253 g/mol. The summed E-state index contributed by atoms with van der Waals surface area (Å²) in [5.74, 6) is 0.771. The molecule has 0 unspecified atom stereocenters. The average Bonchev–Trinajstić information content (AvgIpc) is 1.95. The van der Waals surface area contributed by atoms with Gasteiger partial charge in [0.1, 0.15) is 5.75 Å². The summed E-state index contributed by atoms with van der Waals surface area (Å²) in [6.45, 7) is 2.60. The molecule has 0 heterocycles. The zero-order chi connectivity index (χ0) is 8.27. The van der Waals surface area contributed by atoms with Gasteiger partial charge in [0.2, 0.25) is 0 Å². The standard InChI is InChI=1S/C8H10INO/c1-2-11-8-4-3-6(9)5-7(8)10/h3-5H,2,10H2,1H3. The molecule has 0 aliphatic rings. The molecule has 0 radical (unpaired) electrons. The van der Waals surface area contributed by atoms with Gasteiger partial charge in [-0.05, 0) is 47.7 Å². The minimum atomic E-state index is 0.658. The first-order chi connectivity index (χ1) is 5.24. The Hall–Kier alpha value is -0.450.